The fourth-order valence-electron chi connectivity index (χ4n) is 3.66. The van der Waals surface area contributed by atoms with E-state index < -0.39 is 17.5 Å². The summed E-state index contributed by atoms with van der Waals surface area (Å²) >= 11 is 0. The summed E-state index contributed by atoms with van der Waals surface area (Å²) in [5.74, 6) is 0.534. The zero-order valence-electron chi connectivity index (χ0n) is 21.2. The lowest BCUT2D eigenvalue weighted by molar-refractivity contribution is 0.0733. The SMILES string of the molecule is CCOc1cc(C(=O)Oc2ccc3cc(C(=O)NCc4ccco4)c(=O)oc3c2)cc(OCC)c1OCC. The van der Waals surface area contributed by atoms with E-state index in [-0.39, 0.29) is 29.0 Å². The fraction of sp³-hybridized carbons (Fsp3) is 0.250. The molecule has 38 heavy (non-hydrogen) atoms. The Labute approximate surface area is 218 Å². The molecule has 10 nitrogen and oxygen atoms in total. The molecule has 10 heteroatoms. The topological polar surface area (TPSA) is 126 Å². The summed E-state index contributed by atoms with van der Waals surface area (Å²) in [5.41, 5.74) is -0.646. The minimum absolute atomic E-state index is 0.125. The molecule has 0 atom stereocenters. The van der Waals surface area contributed by atoms with Gasteiger partial charge in [-0.05, 0) is 63.2 Å². The number of benzene rings is 2. The molecule has 0 aliphatic heterocycles. The Morgan fingerprint density at radius 3 is 2.24 bits per heavy atom. The predicted molar refractivity (Wildman–Crippen MR) is 137 cm³/mol. The van der Waals surface area contributed by atoms with E-state index >= 15 is 0 Å². The van der Waals surface area contributed by atoms with E-state index in [0.29, 0.717) is 48.2 Å². The lowest BCUT2D eigenvalue weighted by Crippen LogP contribution is -2.27. The molecule has 0 saturated carbocycles. The number of furan rings is 1. The average molecular weight is 522 g/mol. The van der Waals surface area contributed by atoms with Crippen LogP contribution < -0.4 is 29.9 Å². The molecule has 4 aromatic rings. The van der Waals surface area contributed by atoms with Crippen LogP contribution in [0.4, 0.5) is 0 Å². The van der Waals surface area contributed by atoms with Gasteiger partial charge in [-0.2, -0.15) is 0 Å². The maximum atomic E-state index is 13.0. The van der Waals surface area contributed by atoms with Gasteiger partial charge in [-0.1, -0.05) is 0 Å². The third-order valence-electron chi connectivity index (χ3n) is 5.31. The Hall–Kier alpha value is -4.73. The molecule has 2 aromatic carbocycles. The Bertz CT molecular complexity index is 1460. The molecule has 0 aliphatic carbocycles. The van der Waals surface area contributed by atoms with Gasteiger partial charge in [0.2, 0.25) is 5.75 Å². The molecule has 2 heterocycles. The van der Waals surface area contributed by atoms with Gasteiger partial charge < -0.3 is 33.1 Å². The molecule has 198 valence electrons. The van der Waals surface area contributed by atoms with Crippen LogP contribution in [0.5, 0.6) is 23.0 Å². The van der Waals surface area contributed by atoms with Crippen molar-refractivity contribution in [3.05, 3.63) is 82.1 Å². The van der Waals surface area contributed by atoms with Crippen LogP contribution in [0.25, 0.3) is 11.0 Å². The number of carbonyl (C=O) groups is 2. The summed E-state index contributed by atoms with van der Waals surface area (Å²) in [4.78, 5) is 37.9. The van der Waals surface area contributed by atoms with E-state index in [1.54, 1.807) is 18.2 Å². The normalized spacial score (nSPS) is 10.7. The molecule has 4 rings (SSSR count). The summed E-state index contributed by atoms with van der Waals surface area (Å²) in [5, 5.41) is 3.09. The van der Waals surface area contributed by atoms with Gasteiger partial charge >= 0.3 is 11.6 Å². The number of carbonyl (C=O) groups excluding carboxylic acids is 2. The molecule has 2 aromatic heterocycles. The third-order valence-corrected chi connectivity index (χ3v) is 5.31. The number of ether oxygens (including phenoxy) is 4. The highest BCUT2D eigenvalue weighted by Gasteiger charge is 2.20. The van der Waals surface area contributed by atoms with Gasteiger partial charge in [0.25, 0.3) is 5.91 Å². The number of fused-ring (bicyclic) bond motifs is 1. The second-order valence-corrected chi connectivity index (χ2v) is 7.90. The van der Waals surface area contributed by atoms with Gasteiger partial charge in [-0.3, -0.25) is 4.79 Å². The van der Waals surface area contributed by atoms with Crippen molar-refractivity contribution >= 4 is 22.8 Å². The number of amides is 1. The molecular weight excluding hydrogens is 494 g/mol. The molecular formula is C28H27NO9. The maximum Gasteiger partial charge on any atom is 0.349 e. The summed E-state index contributed by atoms with van der Waals surface area (Å²) in [6, 6.07) is 12.4. The first-order valence-electron chi connectivity index (χ1n) is 12.1. The fourth-order valence-corrected chi connectivity index (χ4v) is 3.66. The van der Waals surface area contributed by atoms with Crippen molar-refractivity contribution in [2.45, 2.75) is 27.3 Å². The van der Waals surface area contributed by atoms with E-state index in [2.05, 4.69) is 5.32 Å². The lowest BCUT2D eigenvalue weighted by Gasteiger charge is -2.16. The third kappa shape index (κ3) is 5.97. The largest absolute Gasteiger partial charge is 0.490 e. The summed E-state index contributed by atoms with van der Waals surface area (Å²) in [7, 11) is 0. The van der Waals surface area contributed by atoms with Crippen LogP contribution in [0.1, 0.15) is 47.2 Å². The van der Waals surface area contributed by atoms with Crippen LogP contribution in [-0.2, 0) is 6.54 Å². The van der Waals surface area contributed by atoms with Crippen LogP contribution in [0.2, 0.25) is 0 Å². The highest BCUT2D eigenvalue weighted by atomic mass is 16.5. The first kappa shape index (κ1) is 26.3. The van der Waals surface area contributed by atoms with Crippen LogP contribution in [0.3, 0.4) is 0 Å². The number of rotatable bonds is 11. The highest BCUT2D eigenvalue weighted by Crippen LogP contribution is 2.39. The van der Waals surface area contributed by atoms with E-state index in [1.807, 2.05) is 20.8 Å². The number of hydrogen-bond acceptors (Lipinski definition) is 9. The Morgan fingerprint density at radius 1 is 0.895 bits per heavy atom. The number of hydrogen-bond donors (Lipinski definition) is 1. The van der Waals surface area contributed by atoms with Gasteiger partial charge in [-0.15, -0.1) is 0 Å². The van der Waals surface area contributed by atoms with Crippen LogP contribution >= 0.6 is 0 Å². The minimum Gasteiger partial charge on any atom is -0.490 e. The quantitative estimate of drug-likeness (QED) is 0.169. The van der Waals surface area contributed by atoms with Crippen LogP contribution in [-0.4, -0.2) is 31.7 Å². The van der Waals surface area contributed by atoms with Crippen molar-refractivity contribution in [2.24, 2.45) is 0 Å². The van der Waals surface area contributed by atoms with Crippen LogP contribution in [0.15, 0.2) is 68.4 Å². The van der Waals surface area contributed by atoms with E-state index in [0.717, 1.165) is 0 Å². The summed E-state index contributed by atoms with van der Waals surface area (Å²) < 4.78 is 33.0. The van der Waals surface area contributed by atoms with Crippen molar-refractivity contribution in [2.75, 3.05) is 19.8 Å². The van der Waals surface area contributed by atoms with Crippen molar-refractivity contribution in [3.63, 3.8) is 0 Å². The molecule has 1 N–H and O–H groups in total. The predicted octanol–water partition coefficient (Wildman–Crippen LogP) is 4.73. The lowest BCUT2D eigenvalue weighted by atomic mass is 10.1. The number of esters is 1. The average Bonchev–Trinajstić information content (AvgIpc) is 3.42. The van der Waals surface area contributed by atoms with Gasteiger partial charge in [0.05, 0.1) is 38.2 Å². The molecule has 0 unspecified atom stereocenters. The second-order valence-electron chi connectivity index (χ2n) is 7.90. The molecule has 1 amide bonds. The van der Waals surface area contributed by atoms with Crippen molar-refractivity contribution < 1.29 is 37.4 Å². The summed E-state index contributed by atoms with van der Waals surface area (Å²) in [6.45, 7) is 6.70. The zero-order chi connectivity index (χ0) is 27.1. The molecule has 0 spiro atoms. The second kappa shape index (κ2) is 12.0. The maximum absolute atomic E-state index is 13.0. The van der Waals surface area contributed by atoms with Crippen molar-refractivity contribution in [1.82, 2.24) is 5.32 Å². The van der Waals surface area contributed by atoms with E-state index in [1.165, 1.54) is 36.6 Å². The van der Waals surface area contributed by atoms with Gasteiger partial charge in [0.15, 0.2) is 11.5 Å². The highest BCUT2D eigenvalue weighted by molar-refractivity contribution is 5.97. The van der Waals surface area contributed by atoms with Gasteiger partial charge in [0, 0.05) is 11.5 Å². The zero-order valence-corrected chi connectivity index (χ0v) is 21.2. The first-order valence-corrected chi connectivity index (χ1v) is 12.1. The molecule has 0 aliphatic rings. The van der Waals surface area contributed by atoms with E-state index in [4.69, 9.17) is 27.8 Å². The molecule has 0 radical (unpaired) electrons. The summed E-state index contributed by atoms with van der Waals surface area (Å²) in [6.07, 6.45) is 1.49. The monoisotopic (exact) mass is 521 g/mol. The van der Waals surface area contributed by atoms with Gasteiger partial charge in [0.1, 0.15) is 22.7 Å². The Balaban J connectivity index is 1.56. The van der Waals surface area contributed by atoms with E-state index in [9.17, 15) is 14.4 Å². The Kier molecular flexibility index (Phi) is 8.32. The first-order chi connectivity index (χ1) is 18.4. The van der Waals surface area contributed by atoms with Crippen molar-refractivity contribution in [1.29, 1.82) is 0 Å². The molecule has 0 saturated heterocycles. The molecule has 0 fully saturated rings. The van der Waals surface area contributed by atoms with Gasteiger partial charge in [-0.25, -0.2) is 9.59 Å². The minimum atomic E-state index is -0.827. The van der Waals surface area contributed by atoms with Crippen molar-refractivity contribution in [3.8, 4) is 23.0 Å². The smallest absolute Gasteiger partial charge is 0.349 e. The van der Waals surface area contributed by atoms with Crippen LogP contribution in [0, 0.1) is 0 Å². The molecule has 0 bridgehead atoms. The Morgan fingerprint density at radius 2 is 1.61 bits per heavy atom. The number of nitrogens with one attached hydrogen (secondary N) is 1. The standard InChI is InChI=1S/C28H27NO9/c1-4-33-23-13-18(14-24(34-5-2)25(23)35-6-3)27(31)37-19-10-9-17-12-21(28(32)38-22(17)15-19)26(30)29-16-20-8-7-11-36-20/h7-15H,4-6,16H2,1-3H3,(H,29,30).